The molecule has 0 heterocycles. The van der Waals surface area contributed by atoms with Crippen LogP contribution in [0.5, 0.6) is 5.75 Å². The summed E-state index contributed by atoms with van der Waals surface area (Å²) in [5.74, 6) is -0.0256. The molecule has 0 atom stereocenters. The van der Waals surface area contributed by atoms with Crippen molar-refractivity contribution >= 4 is 5.78 Å². The highest BCUT2D eigenvalue weighted by molar-refractivity contribution is 5.96. The average Bonchev–Trinajstić information content (AvgIpc) is 2.60. The zero-order valence-corrected chi connectivity index (χ0v) is 10.7. The van der Waals surface area contributed by atoms with Gasteiger partial charge in [0.2, 0.25) is 0 Å². The van der Waals surface area contributed by atoms with Crippen LogP contribution < -0.4 is 4.74 Å². The van der Waals surface area contributed by atoms with E-state index in [-0.39, 0.29) is 11.9 Å². The number of hydrogen-bond acceptors (Lipinski definition) is 2. The van der Waals surface area contributed by atoms with E-state index in [2.05, 4.69) is 0 Å². The van der Waals surface area contributed by atoms with Gasteiger partial charge >= 0.3 is 0 Å². The Balaban J connectivity index is 2.14. The van der Waals surface area contributed by atoms with Gasteiger partial charge in [-0.25, -0.2) is 4.39 Å². The topological polar surface area (TPSA) is 26.3 Å². The number of hydrogen-bond donors (Lipinski definition) is 0. The summed E-state index contributed by atoms with van der Waals surface area (Å²) in [6, 6.07) is 4.17. The fourth-order valence-corrected chi connectivity index (χ4v) is 2.42. The second kappa shape index (κ2) is 5.98. The summed E-state index contributed by atoms with van der Waals surface area (Å²) in [6.45, 7) is 1.44. The lowest BCUT2D eigenvalue weighted by atomic mass is 10.1. The van der Waals surface area contributed by atoms with Gasteiger partial charge in [0.1, 0.15) is 11.6 Å². The maximum Gasteiger partial charge on any atom is 0.163 e. The molecular formula is C15H19FO2. The molecule has 18 heavy (non-hydrogen) atoms. The fraction of sp³-hybridized carbons (Fsp3) is 0.533. The van der Waals surface area contributed by atoms with E-state index in [0.717, 1.165) is 12.8 Å². The quantitative estimate of drug-likeness (QED) is 0.595. The Kier molecular flexibility index (Phi) is 4.34. The largest absolute Gasteiger partial charge is 0.490 e. The van der Waals surface area contributed by atoms with E-state index in [4.69, 9.17) is 4.74 Å². The van der Waals surface area contributed by atoms with Crippen LogP contribution in [-0.4, -0.2) is 11.9 Å². The summed E-state index contributed by atoms with van der Waals surface area (Å²) in [6.07, 6.45) is 7.05. The van der Waals surface area contributed by atoms with E-state index >= 15 is 0 Å². The third-order valence-electron chi connectivity index (χ3n) is 3.42. The predicted molar refractivity (Wildman–Crippen MR) is 68.5 cm³/mol. The molecule has 1 aliphatic carbocycles. The van der Waals surface area contributed by atoms with Gasteiger partial charge in [0.25, 0.3) is 0 Å². The van der Waals surface area contributed by atoms with E-state index < -0.39 is 5.82 Å². The molecule has 0 N–H and O–H groups in total. The predicted octanol–water partition coefficient (Wildman–Crippen LogP) is 4.13. The smallest absolute Gasteiger partial charge is 0.163 e. The van der Waals surface area contributed by atoms with Crippen molar-refractivity contribution in [2.45, 2.75) is 51.6 Å². The highest BCUT2D eigenvalue weighted by atomic mass is 19.1. The van der Waals surface area contributed by atoms with Crippen molar-refractivity contribution in [1.82, 2.24) is 0 Å². The van der Waals surface area contributed by atoms with E-state index in [0.29, 0.717) is 11.3 Å². The molecule has 0 spiro atoms. The van der Waals surface area contributed by atoms with Crippen LogP contribution in [0.1, 0.15) is 55.8 Å². The molecule has 0 radical (unpaired) electrons. The van der Waals surface area contributed by atoms with Gasteiger partial charge in [0, 0.05) is 0 Å². The maximum absolute atomic E-state index is 13.1. The molecule has 2 rings (SSSR count). The highest BCUT2D eigenvalue weighted by Gasteiger charge is 2.17. The first-order valence-corrected chi connectivity index (χ1v) is 6.64. The van der Waals surface area contributed by atoms with E-state index in [1.54, 1.807) is 6.07 Å². The Morgan fingerprint density at radius 1 is 1.22 bits per heavy atom. The van der Waals surface area contributed by atoms with E-state index in [9.17, 15) is 9.18 Å². The van der Waals surface area contributed by atoms with Crippen molar-refractivity contribution in [1.29, 1.82) is 0 Å². The fourth-order valence-electron chi connectivity index (χ4n) is 2.42. The number of benzene rings is 1. The van der Waals surface area contributed by atoms with Crippen LogP contribution >= 0.6 is 0 Å². The highest BCUT2D eigenvalue weighted by Crippen LogP contribution is 2.26. The molecule has 0 bridgehead atoms. The minimum atomic E-state index is -0.395. The van der Waals surface area contributed by atoms with Gasteiger partial charge in [-0.1, -0.05) is 12.8 Å². The standard InChI is InChI=1S/C15H19FO2/c1-11(17)14-10-12(16)8-9-15(14)18-13-6-4-2-3-5-7-13/h8-10,13H,2-7H2,1H3. The summed E-state index contributed by atoms with van der Waals surface area (Å²) >= 11 is 0. The van der Waals surface area contributed by atoms with Crippen LogP contribution in [0.15, 0.2) is 18.2 Å². The van der Waals surface area contributed by atoms with Crippen LogP contribution in [0.3, 0.4) is 0 Å². The van der Waals surface area contributed by atoms with Crippen molar-refractivity contribution in [2.24, 2.45) is 0 Å². The van der Waals surface area contributed by atoms with E-state index in [1.165, 1.54) is 44.7 Å². The van der Waals surface area contributed by atoms with Gasteiger partial charge in [-0.2, -0.15) is 0 Å². The van der Waals surface area contributed by atoms with Crippen molar-refractivity contribution in [2.75, 3.05) is 0 Å². The Labute approximate surface area is 107 Å². The molecule has 0 amide bonds. The first-order valence-electron chi connectivity index (χ1n) is 6.64. The van der Waals surface area contributed by atoms with Crippen LogP contribution in [0.4, 0.5) is 4.39 Å². The van der Waals surface area contributed by atoms with E-state index in [1.807, 2.05) is 0 Å². The van der Waals surface area contributed by atoms with Crippen LogP contribution in [-0.2, 0) is 0 Å². The summed E-state index contributed by atoms with van der Waals surface area (Å²) in [5, 5.41) is 0. The molecule has 3 heteroatoms. The molecule has 0 aliphatic heterocycles. The SMILES string of the molecule is CC(=O)c1cc(F)ccc1OC1CCCCCC1. The molecule has 1 aliphatic rings. The Morgan fingerprint density at radius 2 is 1.89 bits per heavy atom. The average molecular weight is 250 g/mol. The lowest BCUT2D eigenvalue weighted by Crippen LogP contribution is -2.16. The number of ketones is 1. The second-order valence-electron chi connectivity index (χ2n) is 4.93. The van der Waals surface area contributed by atoms with Crippen LogP contribution in [0.2, 0.25) is 0 Å². The molecule has 0 aromatic heterocycles. The van der Waals surface area contributed by atoms with Crippen LogP contribution in [0.25, 0.3) is 0 Å². The number of carbonyl (C=O) groups excluding carboxylic acids is 1. The molecule has 1 fully saturated rings. The Bertz CT molecular complexity index is 421. The summed E-state index contributed by atoms with van der Waals surface area (Å²) in [5.41, 5.74) is 0.347. The molecule has 1 saturated carbocycles. The molecular weight excluding hydrogens is 231 g/mol. The van der Waals surface area contributed by atoms with Gasteiger partial charge in [0.15, 0.2) is 5.78 Å². The summed E-state index contributed by atoms with van der Waals surface area (Å²) in [7, 11) is 0. The third-order valence-corrected chi connectivity index (χ3v) is 3.42. The third kappa shape index (κ3) is 3.31. The first-order chi connectivity index (χ1) is 8.66. The molecule has 2 nitrogen and oxygen atoms in total. The van der Waals surface area contributed by atoms with Gasteiger partial charge in [-0.05, 0) is 50.8 Å². The zero-order valence-electron chi connectivity index (χ0n) is 10.7. The minimum absolute atomic E-state index is 0.155. The Morgan fingerprint density at radius 3 is 2.50 bits per heavy atom. The number of carbonyl (C=O) groups is 1. The lowest BCUT2D eigenvalue weighted by molar-refractivity contribution is 0.100. The first kappa shape index (κ1) is 13.1. The summed E-state index contributed by atoms with van der Waals surface area (Å²) < 4.78 is 19.0. The molecule has 98 valence electrons. The lowest BCUT2D eigenvalue weighted by Gasteiger charge is -2.18. The van der Waals surface area contributed by atoms with Gasteiger partial charge in [-0.15, -0.1) is 0 Å². The van der Waals surface area contributed by atoms with Gasteiger partial charge in [0.05, 0.1) is 11.7 Å². The maximum atomic E-state index is 13.1. The van der Waals surface area contributed by atoms with Crippen molar-refractivity contribution in [3.63, 3.8) is 0 Å². The van der Waals surface area contributed by atoms with Gasteiger partial charge < -0.3 is 4.74 Å². The summed E-state index contributed by atoms with van der Waals surface area (Å²) in [4.78, 5) is 11.5. The van der Waals surface area contributed by atoms with Crippen molar-refractivity contribution in [3.05, 3.63) is 29.6 Å². The zero-order chi connectivity index (χ0) is 13.0. The minimum Gasteiger partial charge on any atom is -0.490 e. The van der Waals surface area contributed by atoms with Gasteiger partial charge in [-0.3, -0.25) is 4.79 Å². The number of Topliss-reactive ketones (excluding diaryl/α,β-unsaturated/α-hetero) is 1. The van der Waals surface area contributed by atoms with Crippen LogP contribution in [0, 0.1) is 5.82 Å². The molecule has 1 aromatic carbocycles. The number of ether oxygens (including phenoxy) is 1. The Hall–Kier alpha value is -1.38. The molecule has 0 unspecified atom stereocenters. The number of rotatable bonds is 3. The molecule has 0 saturated heterocycles. The van der Waals surface area contributed by atoms with Crippen molar-refractivity contribution in [3.8, 4) is 5.75 Å². The molecule has 1 aromatic rings. The number of halogens is 1. The normalized spacial score (nSPS) is 17.2. The monoisotopic (exact) mass is 250 g/mol. The second-order valence-corrected chi connectivity index (χ2v) is 4.93. The van der Waals surface area contributed by atoms with Crippen molar-refractivity contribution < 1.29 is 13.9 Å².